The number of carbonyl (C=O) groups excluding carboxylic acids is 5. The average molecular weight is 1120 g/mol. The Morgan fingerprint density at radius 1 is 0.368 bits per heavy atom. The second-order valence-corrected chi connectivity index (χ2v) is 22.5. The maximum Gasteiger partial charge on any atom is 0.325 e. The van der Waals surface area contributed by atoms with Crippen LogP contribution in [0.5, 0.6) is 0 Å². The number of carbonyl (C=O) groups is 5. The van der Waals surface area contributed by atoms with Crippen LogP contribution in [0.15, 0.2) is 129 Å². The number of aryl methyl sites for hydroxylation is 4. The first-order chi connectivity index (χ1) is 35.3. The van der Waals surface area contributed by atoms with Crippen LogP contribution < -0.4 is 31.9 Å². The normalized spacial score (nSPS) is 12.1. The molecule has 0 radical (unpaired) electrons. The van der Waals surface area contributed by atoms with Crippen LogP contribution in [0.25, 0.3) is 21.5 Å². The highest BCUT2D eigenvalue weighted by atomic mass is 32.2. The van der Waals surface area contributed by atoms with E-state index in [1.54, 1.807) is 14.1 Å². The maximum atomic E-state index is 13.4. The van der Waals surface area contributed by atoms with Crippen LogP contribution in [0.4, 0.5) is 39.4 Å². The van der Waals surface area contributed by atoms with E-state index in [-0.39, 0.29) is 78.4 Å². The third-order valence-electron chi connectivity index (χ3n) is 11.5. The monoisotopic (exact) mass is 1120 g/mol. The Balaban J connectivity index is 0.896. The number of amides is 6. The molecule has 27 nitrogen and oxygen atoms in total. The van der Waals surface area contributed by atoms with Gasteiger partial charge in [-0.05, 0) is 60.7 Å². The Labute approximate surface area is 430 Å². The Bertz CT molecular complexity index is 4020. The molecule has 6 amide bonds. The molecule has 396 valence electrons. The highest BCUT2D eigenvalue weighted by molar-refractivity contribution is 7.87. The van der Waals surface area contributed by atoms with Gasteiger partial charge in [-0.2, -0.15) is 33.7 Å². The second kappa shape index (κ2) is 19.5. The first kappa shape index (κ1) is 53.6. The van der Waals surface area contributed by atoms with Crippen molar-refractivity contribution in [3.63, 3.8) is 0 Å². The van der Waals surface area contributed by atoms with E-state index in [0.29, 0.717) is 12.1 Å². The van der Waals surface area contributed by atoms with Crippen LogP contribution in [0.3, 0.4) is 0 Å². The molecule has 31 heteroatoms. The van der Waals surface area contributed by atoms with Crippen LogP contribution in [0.1, 0.15) is 41.4 Å². The summed E-state index contributed by atoms with van der Waals surface area (Å²) in [6.07, 6.45) is 5.51. The van der Waals surface area contributed by atoms with Gasteiger partial charge in [0.1, 0.15) is 33.1 Å². The van der Waals surface area contributed by atoms with E-state index < -0.39 is 89.7 Å². The summed E-state index contributed by atoms with van der Waals surface area (Å²) in [7, 11) is -13.8. The van der Waals surface area contributed by atoms with Gasteiger partial charge < -0.3 is 39.5 Å². The summed E-state index contributed by atoms with van der Waals surface area (Å²) < 4.78 is 141. The SMILES string of the molecule is Cn1cc(C(=O)Nc2cc(C(=O)Nc3cccc4c(S(=O)(=O)O)cc(S(=O)(=O)O)cc34)cn2C)cc1NC(=O)Nc1cc(C(=O)Nc2cc(C(=O)Nc3cccc4c(S(=O)(=O)O)cc(S(=O)(=O)O)cc34)cn2C)cn1C. The Morgan fingerprint density at radius 3 is 0.947 bits per heavy atom. The number of anilines is 6. The molecular formula is C45H40N10O17S4. The molecule has 0 fully saturated rings. The lowest BCUT2D eigenvalue weighted by Gasteiger charge is -2.12. The van der Waals surface area contributed by atoms with Crippen molar-refractivity contribution in [1.29, 1.82) is 0 Å². The second-order valence-electron chi connectivity index (χ2n) is 16.8. The number of nitrogens with one attached hydrogen (secondary N) is 6. The lowest BCUT2D eigenvalue weighted by Crippen LogP contribution is -2.22. The number of rotatable bonds is 14. The number of hydrogen-bond donors (Lipinski definition) is 10. The molecule has 0 unspecified atom stereocenters. The third kappa shape index (κ3) is 11.2. The molecule has 0 saturated carbocycles. The van der Waals surface area contributed by atoms with Crippen LogP contribution in [-0.2, 0) is 68.7 Å². The molecule has 0 spiro atoms. The summed E-state index contributed by atoms with van der Waals surface area (Å²) in [5.41, 5.74) is -0.0451. The van der Waals surface area contributed by atoms with Crippen LogP contribution in [0.2, 0.25) is 0 Å². The van der Waals surface area contributed by atoms with Crippen LogP contribution in [-0.4, -0.2) is 99.8 Å². The molecule has 0 aliphatic rings. The first-order valence-electron chi connectivity index (χ1n) is 21.4. The standard InChI is InChI=1S/C45H40N10O17S4/c1-52-19-23(41(56)46-33-9-5-7-29-31(33)15-27(73(61,62)63)17-35(29)75(67,68)69)11-37(52)48-43(58)25-13-39(54(3)21-25)50-45(60)51-40-14-26(22-55(40)4)44(59)49-38-12-24(20-53(38)2)42(57)47-34-10-6-8-30-32(34)16-28(74(64,65)66)18-36(30)76(70,71)72/h5-22H,1-4H3,(H,46,56)(H,47,57)(H,48,58)(H,49,59)(H2,50,51,60)(H,61,62,63)(H,64,65,66)(H,67,68,69)(H,70,71,72). The number of benzene rings is 4. The van der Waals surface area contributed by atoms with Gasteiger partial charge in [0.15, 0.2) is 0 Å². The zero-order valence-electron chi connectivity index (χ0n) is 39.4. The predicted molar refractivity (Wildman–Crippen MR) is 273 cm³/mol. The molecule has 0 saturated heterocycles. The molecule has 8 rings (SSSR count). The zero-order chi connectivity index (χ0) is 55.6. The van der Waals surface area contributed by atoms with Crippen molar-refractivity contribution in [1.82, 2.24) is 18.3 Å². The van der Waals surface area contributed by atoms with E-state index in [1.807, 2.05) is 0 Å². The lowest BCUT2D eigenvalue weighted by molar-refractivity contribution is 0.101. The topological polar surface area (TPSA) is 395 Å². The summed E-state index contributed by atoms with van der Waals surface area (Å²) in [5, 5.41) is 15.0. The van der Waals surface area contributed by atoms with E-state index >= 15 is 0 Å². The number of hydrogen-bond acceptors (Lipinski definition) is 13. The fourth-order valence-corrected chi connectivity index (χ4v) is 10.6. The first-order valence-corrected chi connectivity index (χ1v) is 27.1. The highest BCUT2D eigenvalue weighted by Gasteiger charge is 2.26. The lowest BCUT2D eigenvalue weighted by atomic mass is 10.1. The van der Waals surface area contributed by atoms with Gasteiger partial charge >= 0.3 is 6.03 Å². The molecule has 0 aliphatic heterocycles. The third-order valence-corrected chi connectivity index (χ3v) is 15.0. The highest BCUT2D eigenvalue weighted by Crippen LogP contribution is 2.34. The molecular weight excluding hydrogens is 1080 g/mol. The minimum Gasteiger partial charge on any atom is -0.337 e. The van der Waals surface area contributed by atoms with E-state index in [0.717, 1.165) is 12.1 Å². The van der Waals surface area contributed by atoms with Gasteiger partial charge in [0.2, 0.25) is 0 Å². The van der Waals surface area contributed by atoms with Gasteiger partial charge in [-0.3, -0.25) is 48.0 Å². The molecule has 0 bridgehead atoms. The van der Waals surface area contributed by atoms with Crippen molar-refractivity contribution >= 4 is 126 Å². The van der Waals surface area contributed by atoms with Gasteiger partial charge in [-0.15, -0.1) is 0 Å². The van der Waals surface area contributed by atoms with E-state index in [1.165, 1.54) is 118 Å². The van der Waals surface area contributed by atoms with Gasteiger partial charge in [0.05, 0.1) is 32.0 Å². The Kier molecular flexibility index (Phi) is 13.8. The molecule has 10 N–H and O–H groups in total. The fraction of sp³-hybridized carbons (Fsp3) is 0.0889. The predicted octanol–water partition coefficient (Wildman–Crippen LogP) is 4.99. The summed E-state index contributed by atoms with van der Waals surface area (Å²) in [5.74, 6) is -2.31. The largest absolute Gasteiger partial charge is 0.337 e. The van der Waals surface area contributed by atoms with Gasteiger partial charge in [-0.25, -0.2) is 4.79 Å². The summed E-state index contributed by atoms with van der Waals surface area (Å²) in [6, 6.07) is 15.4. The summed E-state index contributed by atoms with van der Waals surface area (Å²) in [4.78, 5) is 63.5. The molecule has 0 aliphatic carbocycles. The molecule has 4 heterocycles. The maximum absolute atomic E-state index is 13.4. The smallest absolute Gasteiger partial charge is 0.325 e. The molecule has 4 aromatic carbocycles. The quantitative estimate of drug-likeness (QED) is 0.0641. The molecule has 8 aromatic rings. The van der Waals surface area contributed by atoms with Crippen molar-refractivity contribution in [3.05, 3.63) is 132 Å². The van der Waals surface area contributed by atoms with E-state index in [9.17, 15) is 75.9 Å². The van der Waals surface area contributed by atoms with E-state index in [4.69, 9.17) is 0 Å². The van der Waals surface area contributed by atoms with Gasteiger partial charge in [-0.1, -0.05) is 24.3 Å². The Morgan fingerprint density at radius 2 is 0.658 bits per heavy atom. The van der Waals surface area contributed by atoms with Gasteiger partial charge in [0, 0.05) is 85.9 Å². The fourth-order valence-electron chi connectivity index (χ4n) is 7.88. The van der Waals surface area contributed by atoms with Crippen molar-refractivity contribution in [2.24, 2.45) is 28.2 Å². The van der Waals surface area contributed by atoms with Crippen molar-refractivity contribution in [2.75, 3.05) is 31.9 Å². The van der Waals surface area contributed by atoms with Crippen LogP contribution in [0, 0.1) is 0 Å². The van der Waals surface area contributed by atoms with Gasteiger partial charge in [0.25, 0.3) is 64.1 Å². The zero-order valence-corrected chi connectivity index (χ0v) is 42.7. The van der Waals surface area contributed by atoms with Crippen LogP contribution >= 0.6 is 0 Å². The van der Waals surface area contributed by atoms with Crippen molar-refractivity contribution < 1.29 is 75.9 Å². The number of fused-ring (bicyclic) bond motifs is 2. The summed E-state index contributed by atoms with van der Waals surface area (Å²) in [6.45, 7) is 0. The molecule has 0 atom stereocenters. The number of aromatic nitrogens is 4. The minimum absolute atomic E-state index is 0.00933. The average Bonchev–Trinajstić information content (AvgIpc) is 4.09. The molecule has 4 aromatic heterocycles. The van der Waals surface area contributed by atoms with Crippen molar-refractivity contribution in [2.45, 2.75) is 19.6 Å². The van der Waals surface area contributed by atoms with Crippen molar-refractivity contribution in [3.8, 4) is 0 Å². The minimum atomic E-state index is -5.00. The summed E-state index contributed by atoms with van der Waals surface area (Å²) >= 11 is 0. The number of urea groups is 1. The van der Waals surface area contributed by atoms with E-state index in [2.05, 4.69) is 31.9 Å². The molecule has 76 heavy (non-hydrogen) atoms. The number of nitrogens with zero attached hydrogens (tertiary/aromatic N) is 4. The Hall–Kier alpha value is -8.69.